The highest BCUT2D eigenvalue weighted by molar-refractivity contribution is 5.79. The van der Waals surface area contributed by atoms with E-state index in [1.165, 1.54) is 0 Å². The molecule has 2 aliphatic heterocycles. The van der Waals surface area contributed by atoms with Gasteiger partial charge in [0.05, 0.1) is 24.3 Å². The van der Waals surface area contributed by atoms with Crippen LogP contribution in [0.15, 0.2) is 4.52 Å². The first-order chi connectivity index (χ1) is 11.4. The van der Waals surface area contributed by atoms with Crippen molar-refractivity contribution in [2.75, 3.05) is 26.2 Å². The van der Waals surface area contributed by atoms with Gasteiger partial charge in [-0.15, -0.1) is 0 Å². The molecule has 6 heteroatoms. The molecule has 2 saturated heterocycles. The lowest BCUT2D eigenvalue weighted by Crippen LogP contribution is -2.51. The van der Waals surface area contributed by atoms with Gasteiger partial charge in [-0.2, -0.15) is 0 Å². The van der Waals surface area contributed by atoms with Gasteiger partial charge in [-0.25, -0.2) is 0 Å². The molecule has 1 amide bonds. The Kier molecular flexibility index (Phi) is 5.25. The second-order valence-electron chi connectivity index (χ2n) is 7.34. The molecule has 0 aromatic carbocycles. The Morgan fingerprint density at radius 3 is 2.58 bits per heavy atom. The predicted molar refractivity (Wildman–Crippen MR) is 90.9 cm³/mol. The van der Waals surface area contributed by atoms with Crippen LogP contribution >= 0.6 is 0 Å². The van der Waals surface area contributed by atoms with Crippen LogP contribution in [0.1, 0.15) is 43.7 Å². The molecule has 3 atom stereocenters. The molecule has 0 radical (unpaired) electrons. The summed E-state index contributed by atoms with van der Waals surface area (Å²) in [6.45, 7) is 11.7. The van der Waals surface area contributed by atoms with Crippen molar-refractivity contribution in [3.8, 4) is 0 Å². The van der Waals surface area contributed by atoms with Gasteiger partial charge in [0.2, 0.25) is 5.91 Å². The maximum atomic E-state index is 12.8. The Morgan fingerprint density at radius 2 is 1.96 bits per heavy atom. The Bertz CT molecular complexity index is 557. The molecule has 1 aromatic heterocycles. The minimum atomic E-state index is 0.196. The zero-order valence-electron chi connectivity index (χ0n) is 15.2. The highest BCUT2D eigenvalue weighted by Gasteiger charge is 2.32. The van der Waals surface area contributed by atoms with Crippen molar-refractivity contribution in [3.05, 3.63) is 17.0 Å². The minimum Gasteiger partial charge on any atom is -0.373 e. The molecule has 0 aliphatic carbocycles. The number of morpholine rings is 1. The van der Waals surface area contributed by atoms with Gasteiger partial charge >= 0.3 is 0 Å². The van der Waals surface area contributed by atoms with E-state index >= 15 is 0 Å². The lowest BCUT2D eigenvalue weighted by Gasteiger charge is -2.38. The zero-order chi connectivity index (χ0) is 17.3. The zero-order valence-corrected chi connectivity index (χ0v) is 15.2. The average molecular weight is 335 g/mol. The summed E-state index contributed by atoms with van der Waals surface area (Å²) < 4.78 is 11.0. The van der Waals surface area contributed by atoms with Crippen molar-refractivity contribution in [2.24, 2.45) is 0 Å². The van der Waals surface area contributed by atoms with Gasteiger partial charge in [-0.3, -0.25) is 9.69 Å². The average Bonchev–Trinajstić information content (AvgIpc) is 3.08. The maximum absolute atomic E-state index is 12.8. The Hall–Kier alpha value is -1.40. The molecule has 6 nitrogen and oxygen atoms in total. The minimum absolute atomic E-state index is 0.196. The summed E-state index contributed by atoms with van der Waals surface area (Å²) in [6.07, 6.45) is 3.11. The number of amides is 1. The topological polar surface area (TPSA) is 58.8 Å². The summed E-state index contributed by atoms with van der Waals surface area (Å²) in [4.78, 5) is 17.3. The normalized spacial score (nSPS) is 28.5. The Balaban J connectivity index is 1.61. The van der Waals surface area contributed by atoms with E-state index < -0.39 is 0 Å². The standard InChI is InChI=1S/C18H29N3O3/c1-12-9-20(10-13(2)23-12)11-16-6-5-7-21(16)18(22)8-17-14(3)19-24-15(17)4/h12-13,16H,5-11H2,1-4H3/t12-,13-,16-/m1/s1. The first kappa shape index (κ1) is 17.4. The molecule has 24 heavy (non-hydrogen) atoms. The number of aromatic nitrogens is 1. The van der Waals surface area contributed by atoms with Crippen LogP contribution in [0.3, 0.4) is 0 Å². The number of hydrogen-bond donors (Lipinski definition) is 0. The fraction of sp³-hybridized carbons (Fsp3) is 0.778. The first-order valence-corrected chi connectivity index (χ1v) is 9.03. The maximum Gasteiger partial charge on any atom is 0.227 e. The summed E-state index contributed by atoms with van der Waals surface area (Å²) in [5.74, 6) is 0.952. The van der Waals surface area contributed by atoms with Gasteiger partial charge < -0.3 is 14.2 Å². The second kappa shape index (κ2) is 7.23. The summed E-state index contributed by atoms with van der Waals surface area (Å²) in [5, 5.41) is 3.96. The monoisotopic (exact) mass is 335 g/mol. The molecule has 2 fully saturated rings. The largest absolute Gasteiger partial charge is 0.373 e. The van der Waals surface area contributed by atoms with Gasteiger partial charge in [-0.05, 0) is 40.5 Å². The molecule has 0 spiro atoms. The lowest BCUT2D eigenvalue weighted by atomic mass is 10.1. The van der Waals surface area contributed by atoms with E-state index in [0.717, 1.165) is 56.0 Å². The number of carbonyl (C=O) groups is 1. The number of carbonyl (C=O) groups excluding carboxylic acids is 1. The van der Waals surface area contributed by atoms with Crippen LogP contribution < -0.4 is 0 Å². The first-order valence-electron chi connectivity index (χ1n) is 9.03. The predicted octanol–water partition coefficient (Wildman–Crippen LogP) is 1.93. The fourth-order valence-electron chi connectivity index (χ4n) is 4.09. The van der Waals surface area contributed by atoms with Gasteiger partial charge in [0.25, 0.3) is 0 Å². The quantitative estimate of drug-likeness (QED) is 0.841. The number of likely N-dealkylation sites (tertiary alicyclic amines) is 1. The third kappa shape index (κ3) is 3.81. The summed E-state index contributed by atoms with van der Waals surface area (Å²) in [6, 6.07) is 0.315. The summed E-state index contributed by atoms with van der Waals surface area (Å²) in [7, 11) is 0. The fourth-order valence-corrected chi connectivity index (χ4v) is 4.09. The molecule has 2 aliphatic rings. The van der Waals surface area contributed by atoms with Gasteiger partial charge in [0, 0.05) is 37.8 Å². The third-order valence-corrected chi connectivity index (χ3v) is 5.17. The smallest absolute Gasteiger partial charge is 0.227 e. The molecular weight excluding hydrogens is 306 g/mol. The van der Waals surface area contributed by atoms with Crippen LogP contribution in [0.5, 0.6) is 0 Å². The molecule has 0 bridgehead atoms. The van der Waals surface area contributed by atoms with Crippen molar-refractivity contribution >= 4 is 5.91 Å². The van der Waals surface area contributed by atoms with Crippen LogP contribution in [0.4, 0.5) is 0 Å². The number of nitrogens with zero attached hydrogens (tertiary/aromatic N) is 3. The Morgan fingerprint density at radius 1 is 1.25 bits per heavy atom. The molecule has 3 heterocycles. The molecule has 134 valence electrons. The van der Waals surface area contributed by atoms with E-state index in [0.29, 0.717) is 12.5 Å². The van der Waals surface area contributed by atoms with Gasteiger partial charge in [-0.1, -0.05) is 5.16 Å². The molecule has 1 aromatic rings. The number of aryl methyl sites for hydroxylation is 2. The highest BCUT2D eigenvalue weighted by atomic mass is 16.5. The highest BCUT2D eigenvalue weighted by Crippen LogP contribution is 2.23. The van der Waals surface area contributed by atoms with Gasteiger partial charge in [0.15, 0.2) is 0 Å². The van der Waals surface area contributed by atoms with E-state index in [9.17, 15) is 4.79 Å². The molecule has 0 unspecified atom stereocenters. The molecule has 0 N–H and O–H groups in total. The summed E-state index contributed by atoms with van der Waals surface area (Å²) >= 11 is 0. The number of hydrogen-bond acceptors (Lipinski definition) is 5. The van der Waals surface area contributed by atoms with E-state index in [1.807, 2.05) is 13.8 Å². The SMILES string of the molecule is Cc1noc(C)c1CC(=O)N1CCC[C@@H]1CN1C[C@@H](C)O[C@H](C)C1. The van der Waals surface area contributed by atoms with Crippen molar-refractivity contribution in [2.45, 2.75) is 65.2 Å². The van der Waals surface area contributed by atoms with E-state index in [4.69, 9.17) is 9.26 Å². The van der Waals surface area contributed by atoms with Crippen LogP contribution in [0.2, 0.25) is 0 Å². The van der Waals surface area contributed by atoms with Crippen molar-refractivity contribution in [3.63, 3.8) is 0 Å². The number of ether oxygens (including phenoxy) is 1. The van der Waals surface area contributed by atoms with Crippen LogP contribution in [0, 0.1) is 13.8 Å². The molecular formula is C18H29N3O3. The lowest BCUT2D eigenvalue weighted by molar-refractivity contribution is -0.132. The Labute approximate surface area is 144 Å². The van der Waals surface area contributed by atoms with Crippen LogP contribution in [0.25, 0.3) is 0 Å². The van der Waals surface area contributed by atoms with Gasteiger partial charge in [0.1, 0.15) is 5.76 Å². The van der Waals surface area contributed by atoms with Crippen LogP contribution in [-0.4, -0.2) is 65.3 Å². The van der Waals surface area contributed by atoms with E-state index in [1.54, 1.807) is 0 Å². The van der Waals surface area contributed by atoms with Crippen LogP contribution in [-0.2, 0) is 16.0 Å². The molecule has 0 saturated carbocycles. The van der Waals surface area contributed by atoms with E-state index in [-0.39, 0.29) is 18.1 Å². The van der Waals surface area contributed by atoms with Crippen molar-refractivity contribution in [1.29, 1.82) is 0 Å². The van der Waals surface area contributed by atoms with E-state index in [2.05, 4.69) is 28.8 Å². The summed E-state index contributed by atoms with van der Waals surface area (Å²) in [5.41, 5.74) is 1.77. The van der Waals surface area contributed by atoms with Crippen molar-refractivity contribution < 1.29 is 14.1 Å². The number of rotatable bonds is 4. The third-order valence-electron chi connectivity index (χ3n) is 5.17. The second-order valence-corrected chi connectivity index (χ2v) is 7.34. The van der Waals surface area contributed by atoms with Crippen molar-refractivity contribution in [1.82, 2.24) is 15.0 Å². The molecule has 3 rings (SSSR count).